The summed E-state index contributed by atoms with van der Waals surface area (Å²) in [7, 11) is 1.62. The highest BCUT2D eigenvalue weighted by Crippen LogP contribution is 2.34. The molecule has 0 radical (unpaired) electrons. The van der Waals surface area contributed by atoms with Crippen molar-refractivity contribution in [1.82, 2.24) is 15.0 Å². The Hall–Kier alpha value is -3.35. The molecule has 0 saturated carbocycles. The predicted octanol–water partition coefficient (Wildman–Crippen LogP) is 3.40. The Bertz CT molecular complexity index is 997. The minimum absolute atomic E-state index is 0.0456. The molecule has 2 aromatic carbocycles. The van der Waals surface area contributed by atoms with Gasteiger partial charge in [-0.1, -0.05) is 24.3 Å². The maximum atomic E-state index is 13.3. The van der Waals surface area contributed by atoms with Crippen LogP contribution < -0.4 is 14.4 Å². The van der Waals surface area contributed by atoms with Gasteiger partial charge in [0.2, 0.25) is 0 Å². The summed E-state index contributed by atoms with van der Waals surface area (Å²) in [5.41, 5.74) is 2.60. The van der Waals surface area contributed by atoms with Crippen LogP contribution in [0.3, 0.4) is 0 Å². The third kappa shape index (κ3) is 3.09. The number of hydrogen-bond donors (Lipinski definition) is 0. The standard InChI is InChI=1S/C21H22N4O3/c1-4-16-13-24(18-7-5-6-8-19(18)28-16)21(26)20-14(2)25(23-22-20)15-9-11-17(27-3)12-10-15/h5-12,16H,4,13H2,1-3H3. The zero-order valence-electron chi connectivity index (χ0n) is 16.1. The third-order valence-electron chi connectivity index (χ3n) is 4.95. The van der Waals surface area contributed by atoms with Crippen LogP contribution in [0.2, 0.25) is 0 Å². The molecule has 7 nitrogen and oxygen atoms in total. The van der Waals surface area contributed by atoms with Gasteiger partial charge in [-0.3, -0.25) is 9.69 Å². The minimum atomic E-state index is -0.175. The fraction of sp³-hybridized carbons (Fsp3) is 0.286. The van der Waals surface area contributed by atoms with E-state index in [-0.39, 0.29) is 12.0 Å². The SMILES string of the molecule is CCC1CN(C(=O)c2nnn(-c3ccc(OC)cc3)c2C)c2ccccc2O1. The first-order valence-corrected chi connectivity index (χ1v) is 9.26. The van der Waals surface area contributed by atoms with Crippen molar-refractivity contribution in [3.8, 4) is 17.2 Å². The number of rotatable bonds is 4. The number of para-hydroxylation sites is 2. The van der Waals surface area contributed by atoms with Crippen LogP contribution in [-0.4, -0.2) is 40.7 Å². The molecule has 0 N–H and O–H groups in total. The largest absolute Gasteiger partial charge is 0.497 e. The van der Waals surface area contributed by atoms with Crippen LogP contribution in [0.15, 0.2) is 48.5 Å². The van der Waals surface area contributed by atoms with Crippen LogP contribution in [-0.2, 0) is 0 Å². The van der Waals surface area contributed by atoms with Gasteiger partial charge in [0.1, 0.15) is 17.6 Å². The third-order valence-corrected chi connectivity index (χ3v) is 4.95. The lowest BCUT2D eigenvalue weighted by molar-refractivity contribution is 0.0949. The Morgan fingerprint density at radius 2 is 1.96 bits per heavy atom. The van der Waals surface area contributed by atoms with Crippen molar-refractivity contribution in [2.24, 2.45) is 0 Å². The summed E-state index contributed by atoms with van der Waals surface area (Å²) < 4.78 is 12.8. The average molecular weight is 378 g/mol. The Labute approximate surface area is 163 Å². The zero-order chi connectivity index (χ0) is 19.7. The lowest BCUT2D eigenvalue weighted by atomic mass is 10.1. The summed E-state index contributed by atoms with van der Waals surface area (Å²) in [5, 5.41) is 8.38. The van der Waals surface area contributed by atoms with E-state index in [2.05, 4.69) is 10.3 Å². The maximum Gasteiger partial charge on any atom is 0.280 e. The molecule has 1 aromatic heterocycles. The van der Waals surface area contributed by atoms with E-state index in [0.717, 1.165) is 23.5 Å². The number of amides is 1. The maximum absolute atomic E-state index is 13.3. The molecule has 1 aliphatic heterocycles. The number of aromatic nitrogens is 3. The number of benzene rings is 2. The van der Waals surface area contributed by atoms with Crippen LogP contribution in [0.25, 0.3) is 5.69 Å². The number of fused-ring (bicyclic) bond motifs is 1. The number of ether oxygens (including phenoxy) is 2. The molecule has 1 aliphatic rings. The molecule has 3 aromatic rings. The monoisotopic (exact) mass is 378 g/mol. The predicted molar refractivity (Wildman–Crippen MR) is 105 cm³/mol. The van der Waals surface area contributed by atoms with Crippen molar-refractivity contribution in [3.05, 3.63) is 59.9 Å². The van der Waals surface area contributed by atoms with E-state index in [4.69, 9.17) is 9.47 Å². The van der Waals surface area contributed by atoms with Crippen molar-refractivity contribution in [2.45, 2.75) is 26.4 Å². The molecule has 0 spiro atoms. The minimum Gasteiger partial charge on any atom is -0.497 e. The smallest absolute Gasteiger partial charge is 0.280 e. The molecule has 4 rings (SSSR count). The normalized spacial score (nSPS) is 15.7. The summed E-state index contributed by atoms with van der Waals surface area (Å²) >= 11 is 0. The number of hydrogen-bond acceptors (Lipinski definition) is 5. The highest BCUT2D eigenvalue weighted by molar-refractivity contribution is 6.06. The van der Waals surface area contributed by atoms with Gasteiger partial charge in [-0.2, -0.15) is 0 Å². The van der Waals surface area contributed by atoms with Crippen molar-refractivity contribution in [1.29, 1.82) is 0 Å². The summed E-state index contributed by atoms with van der Waals surface area (Å²) in [6.45, 7) is 4.38. The van der Waals surface area contributed by atoms with Gasteiger partial charge in [-0.05, 0) is 49.7 Å². The van der Waals surface area contributed by atoms with Crippen LogP contribution in [0.1, 0.15) is 29.5 Å². The van der Waals surface area contributed by atoms with Gasteiger partial charge in [-0.15, -0.1) is 5.10 Å². The lowest BCUT2D eigenvalue weighted by Crippen LogP contribution is -2.43. The molecule has 28 heavy (non-hydrogen) atoms. The van der Waals surface area contributed by atoms with Crippen LogP contribution in [0.5, 0.6) is 11.5 Å². The molecule has 0 aliphatic carbocycles. The number of methoxy groups -OCH3 is 1. The van der Waals surface area contributed by atoms with Gasteiger partial charge in [0.25, 0.3) is 5.91 Å². The van der Waals surface area contributed by atoms with Gasteiger partial charge in [0, 0.05) is 0 Å². The Balaban J connectivity index is 1.68. The molecular formula is C21H22N4O3. The molecule has 0 bridgehead atoms. The van der Waals surface area contributed by atoms with E-state index in [1.165, 1.54) is 0 Å². The van der Waals surface area contributed by atoms with Crippen LogP contribution >= 0.6 is 0 Å². The number of carbonyl (C=O) groups excluding carboxylic acids is 1. The highest BCUT2D eigenvalue weighted by atomic mass is 16.5. The molecule has 2 heterocycles. The van der Waals surface area contributed by atoms with Crippen LogP contribution in [0, 0.1) is 6.92 Å². The summed E-state index contributed by atoms with van der Waals surface area (Å²) in [4.78, 5) is 15.1. The first-order valence-electron chi connectivity index (χ1n) is 9.26. The van der Waals surface area contributed by atoms with Gasteiger partial charge in [-0.25, -0.2) is 4.68 Å². The molecular weight excluding hydrogens is 356 g/mol. The number of carbonyl (C=O) groups is 1. The summed E-state index contributed by atoms with van der Waals surface area (Å²) in [5.74, 6) is 1.30. The summed E-state index contributed by atoms with van der Waals surface area (Å²) in [6, 6.07) is 15.0. The quantitative estimate of drug-likeness (QED) is 0.696. The Kier molecular flexibility index (Phi) is 4.73. The fourth-order valence-electron chi connectivity index (χ4n) is 3.33. The van der Waals surface area contributed by atoms with Crippen molar-refractivity contribution in [2.75, 3.05) is 18.6 Å². The first-order chi connectivity index (χ1) is 13.6. The molecule has 1 amide bonds. The van der Waals surface area contributed by atoms with E-state index < -0.39 is 0 Å². The van der Waals surface area contributed by atoms with Crippen molar-refractivity contribution >= 4 is 11.6 Å². The lowest BCUT2D eigenvalue weighted by Gasteiger charge is -2.34. The molecule has 7 heteroatoms. The molecule has 0 fully saturated rings. The van der Waals surface area contributed by atoms with E-state index in [1.54, 1.807) is 16.7 Å². The van der Waals surface area contributed by atoms with E-state index in [0.29, 0.717) is 23.7 Å². The Morgan fingerprint density at radius 1 is 1.21 bits per heavy atom. The molecule has 144 valence electrons. The second kappa shape index (κ2) is 7.34. The second-order valence-corrected chi connectivity index (χ2v) is 6.66. The molecule has 1 atom stereocenters. The Morgan fingerprint density at radius 3 is 2.68 bits per heavy atom. The van der Waals surface area contributed by atoms with Crippen molar-refractivity contribution < 1.29 is 14.3 Å². The number of nitrogens with zero attached hydrogens (tertiary/aromatic N) is 4. The topological polar surface area (TPSA) is 69.5 Å². The summed E-state index contributed by atoms with van der Waals surface area (Å²) in [6.07, 6.45) is 0.770. The van der Waals surface area contributed by atoms with Crippen molar-refractivity contribution in [3.63, 3.8) is 0 Å². The van der Waals surface area contributed by atoms with Gasteiger partial charge in [0.05, 0.1) is 30.7 Å². The molecule has 0 saturated heterocycles. The van der Waals surface area contributed by atoms with Gasteiger partial charge in [0.15, 0.2) is 5.69 Å². The van der Waals surface area contributed by atoms with Gasteiger partial charge < -0.3 is 9.47 Å². The van der Waals surface area contributed by atoms with E-state index >= 15 is 0 Å². The van der Waals surface area contributed by atoms with Crippen LogP contribution in [0.4, 0.5) is 5.69 Å². The highest BCUT2D eigenvalue weighted by Gasteiger charge is 2.32. The zero-order valence-corrected chi connectivity index (χ0v) is 16.1. The number of anilines is 1. The first kappa shape index (κ1) is 18.0. The van der Waals surface area contributed by atoms with E-state index in [1.807, 2.05) is 62.4 Å². The fourth-order valence-corrected chi connectivity index (χ4v) is 3.33. The second-order valence-electron chi connectivity index (χ2n) is 6.66. The van der Waals surface area contributed by atoms with Gasteiger partial charge >= 0.3 is 0 Å². The molecule has 1 unspecified atom stereocenters. The average Bonchev–Trinajstić information content (AvgIpc) is 3.13. The van der Waals surface area contributed by atoms with E-state index in [9.17, 15) is 4.79 Å².